The van der Waals surface area contributed by atoms with Crippen LogP contribution in [0.15, 0.2) is 36.7 Å². The summed E-state index contributed by atoms with van der Waals surface area (Å²) in [7, 11) is 2.12. The zero-order valence-corrected chi connectivity index (χ0v) is 18.0. The van der Waals surface area contributed by atoms with Gasteiger partial charge in [0.25, 0.3) is 5.91 Å². The normalized spacial score (nSPS) is 12.6. The second kappa shape index (κ2) is 10.4. The molecule has 2 heterocycles. The van der Waals surface area contributed by atoms with Crippen molar-refractivity contribution in [2.24, 2.45) is 0 Å². The number of amides is 1. The number of hydrogen-bond donors (Lipinski definition) is 0. The van der Waals surface area contributed by atoms with Gasteiger partial charge in [-0.3, -0.25) is 14.7 Å². The van der Waals surface area contributed by atoms with Crippen LogP contribution in [-0.4, -0.2) is 40.3 Å². The van der Waals surface area contributed by atoms with Gasteiger partial charge in [-0.15, -0.1) is 24.8 Å². The maximum Gasteiger partial charge on any atom is 0.254 e. The van der Waals surface area contributed by atoms with E-state index in [0.29, 0.717) is 30.3 Å². The Morgan fingerprint density at radius 2 is 2.07 bits per heavy atom. The molecular weight excluding hydrogens is 395 g/mol. The first-order valence-corrected chi connectivity index (χ1v) is 8.94. The van der Waals surface area contributed by atoms with Crippen LogP contribution in [0.1, 0.15) is 46.5 Å². The summed E-state index contributed by atoms with van der Waals surface area (Å²) in [5.74, 6) is -0.0301. The molecule has 0 aliphatic carbocycles. The van der Waals surface area contributed by atoms with Crippen molar-refractivity contribution in [1.29, 1.82) is 5.26 Å². The molecular formula is C21H26Cl2N4O. The van der Waals surface area contributed by atoms with E-state index in [4.69, 9.17) is 5.26 Å². The van der Waals surface area contributed by atoms with Gasteiger partial charge in [-0.2, -0.15) is 5.26 Å². The van der Waals surface area contributed by atoms with Crippen molar-refractivity contribution in [3.63, 3.8) is 0 Å². The lowest BCUT2D eigenvalue weighted by molar-refractivity contribution is 0.0734. The molecule has 5 nitrogen and oxygen atoms in total. The van der Waals surface area contributed by atoms with E-state index in [0.717, 1.165) is 18.5 Å². The highest BCUT2D eigenvalue weighted by molar-refractivity contribution is 5.94. The molecule has 0 spiro atoms. The third kappa shape index (κ3) is 5.23. The number of benzene rings is 1. The first-order chi connectivity index (χ1) is 12.5. The molecule has 0 N–H and O–H groups in total. The van der Waals surface area contributed by atoms with E-state index >= 15 is 0 Å². The maximum atomic E-state index is 12.8. The van der Waals surface area contributed by atoms with E-state index in [-0.39, 0.29) is 30.7 Å². The number of nitriles is 1. The third-order valence-electron chi connectivity index (χ3n) is 5.06. The largest absolute Gasteiger partial charge is 0.334 e. The van der Waals surface area contributed by atoms with E-state index in [1.807, 2.05) is 17.3 Å². The molecule has 0 unspecified atom stereocenters. The number of halogens is 2. The zero-order chi connectivity index (χ0) is 18.7. The van der Waals surface area contributed by atoms with Gasteiger partial charge in [0.15, 0.2) is 0 Å². The molecule has 0 radical (unpaired) electrons. The van der Waals surface area contributed by atoms with Crippen LogP contribution < -0.4 is 0 Å². The minimum atomic E-state index is -0.0301. The van der Waals surface area contributed by atoms with E-state index in [1.165, 1.54) is 11.1 Å². The van der Waals surface area contributed by atoms with E-state index < -0.39 is 0 Å². The molecule has 1 aromatic carbocycles. The molecule has 150 valence electrons. The van der Waals surface area contributed by atoms with Crippen LogP contribution in [0.5, 0.6) is 0 Å². The van der Waals surface area contributed by atoms with Gasteiger partial charge < -0.3 is 4.90 Å². The number of carbonyl (C=O) groups excluding carboxylic acids is 1. The van der Waals surface area contributed by atoms with Crippen molar-refractivity contribution in [1.82, 2.24) is 14.8 Å². The maximum absolute atomic E-state index is 12.8. The summed E-state index contributed by atoms with van der Waals surface area (Å²) < 4.78 is 0. The molecule has 0 saturated heterocycles. The van der Waals surface area contributed by atoms with Crippen molar-refractivity contribution in [2.75, 3.05) is 13.6 Å². The molecule has 0 fully saturated rings. The number of carbonyl (C=O) groups is 1. The molecule has 0 atom stereocenters. The van der Waals surface area contributed by atoms with Crippen LogP contribution in [0, 0.1) is 11.3 Å². The van der Waals surface area contributed by atoms with Crippen LogP contribution in [0.3, 0.4) is 0 Å². The molecule has 0 bridgehead atoms. The lowest BCUT2D eigenvalue weighted by atomic mass is 9.96. The second-order valence-electron chi connectivity index (χ2n) is 7.11. The summed E-state index contributed by atoms with van der Waals surface area (Å²) in [5, 5.41) is 9.04. The van der Waals surface area contributed by atoms with E-state index in [2.05, 4.69) is 36.8 Å². The molecule has 2 aromatic rings. The van der Waals surface area contributed by atoms with E-state index in [1.54, 1.807) is 24.3 Å². The second-order valence-corrected chi connectivity index (χ2v) is 7.11. The van der Waals surface area contributed by atoms with Crippen LogP contribution in [0.25, 0.3) is 0 Å². The minimum absolute atomic E-state index is 0. The smallest absolute Gasteiger partial charge is 0.254 e. The predicted molar refractivity (Wildman–Crippen MR) is 115 cm³/mol. The quantitative estimate of drug-likeness (QED) is 0.753. The van der Waals surface area contributed by atoms with Gasteiger partial charge in [-0.1, -0.05) is 6.07 Å². The summed E-state index contributed by atoms with van der Waals surface area (Å²) in [5.41, 5.74) is 4.76. The fourth-order valence-corrected chi connectivity index (χ4v) is 3.23. The van der Waals surface area contributed by atoms with Crippen LogP contribution in [0.4, 0.5) is 0 Å². The number of hydrogen-bond acceptors (Lipinski definition) is 4. The van der Waals surface area contributed by atoms with Crippen molar-refractivity contribution >= 4 is 30.7 Å². The highest BCUT2D eigenvalue weighted by Crippen LogP contribution is 2.24. The van der Waals surface area contributed by atoms with Gasteiger partial charge >= 0.3 is 0 Å². The number of fused-ring (bicyclic) bond motifs is 1. The van der Waals surface area contributed by atoms with E-state index in [9.17, 15) is 4.79 Å². The monoisotopic (exact) mass is 420 g/mol. The van der Waals surface area contributed by atoms with Crippen LogP contribution in [-0.2, 0) is 19.5 Å². The first kappa shape index (κ1) is 23.9. The highest BCUT2D eigenvalue weighted by Gasteiger charge is 2.24. The molecule has 1 amide bonds. The van der Waals surface area contributed by atoms with Gasteiger partial charge in [-0.25, -0.2) is 0 Å². The Morgan fingerprint density at radius 1 is 1.32 bits per heavy atom. The third-order valence-corrected chi connectivity index (χ3v) is 5.06. The Labute approximate surface area is 179 Å². The van der Waals surface area contributed by atoms with Crippen molar-refractivity contribution in [3.05, 3.63) is 64.5 Å². The number of rotatable bonds is 4. The minimum Gasteiger partial charge on any atom is -0.334 e. The lowest BCUT2D eigenvalue weighted by Gasteiger charge is -2.31. The number of pyridine rings is 1. The highest BCUT2D eigenvalue weighted by atomic mass is 35.5. The van der Waals surface area contributed by atoms with Crippen LogP contribution >= 0.6 is 24.8 Å². The molecule has 28 heavy (non-hydrogen) atoms. The Bertz CT molecular complexity index is 864. The van der Waals surface area contributed by atoms with Gasteiger partial charge in [-0.05, 0) is 62.2 Å². The summed E-state index contributed by atoms with van der Waals surface area (Å²) in [6.07, 6.45) is 4.66. The van der Waals surface area contributed by atoms with Gasteiger partial charge in [0.1, 0.15) is 0 Å². The van der Waals surface area contributed by atoms with Gasteiger partial charge in [0, 0.05) is 43.6 Å². The average Bonchev–Trinajstić information content (AvgIpc) is 2.67. The van der Waals surface area contributed by atoms with Crippen molar-refractivity contribution < 1.29 is 4.79 Å². The van der Waals surface area contributed by atoms with Crippen LogP contribution in [0.2, 0.25) is 0 Å². The SMILES string of the molecule is CC(C)N(C)Cc1cncc2c1CCN(C(=O)c1cccc(C#N)c1)C2.Cl.Cl. The molecule has 1 aliphatic rings. The molecule has 1 aromatic heterocycles. The Kier molecular flexibility index (Phi) is 8.90. The lowest BCUT2D eigenvalue weighted by Crippen LogP contribution is -2.37. The molecule has 1 aliphatic heterocycles. The zero-order valence-electron chi connectivity index (χ0n) is 16.4. The fraction of sp³-hybridized carbons (Fsp3) is 0.381. The fourth-order valence-electron chi connectivity index (χ4n) is 3.23. The Balaban J connectivity index is 0.00000196. The molecule has 0 saturated carbocycles. The summed E-state index contributed by atoms with van der Waals surface area (Å²) >= 11 is 0. The van der Waals surface area contributed by atoms with Crippen molar-refractivity contribution in [3.8, 4) is 6.07 Å². The standard InChI is InChI=1S/C21H24N4O.2ClH/c1-15(2)24(3)13-18-11-23-12-19-14-25(8-7-20(18)19)21(26)17-6-4-5-16(9-17)10-22;;/h4-6,9,11-12,15H,7-8,13-14H2,1-3H3;2*1H. The Morgan fingerprint density at radius 3 is 2.75 bits per heavy atom. The Hall–Kier alpha value is -2.13. The number of aromatic nitrogens is 1. The predicted octanol–water partition coefficient (Wildman–Crippen LogP) is 3.84. The summed E-state index contributed by atoms with van der Waals surface area (Å²) in [4.78, 5) is 21.4. The topological polar surface area (TPSA) is 60.2 Å². The number of nitrogens with zero attached hydrogens (tertiary/aromatic N) is 4. The van der Waals surface area contributed by atoms with Crippen molar-refractivity contribution in [2.45, 2.75) is 39.4 Å². The molecule has 7 heteroatoms. The first-order valence-electron chi connectivity index (χ1n) is 8.94. The average molecular weight is 421 g/mol. The summed E-state index contributed by atoms with van der Waals surface area (Å²) in [6.45, 7) is 6.48. The summed E-state index contributed by atoms with van der Waals surface area (Å²) in [6, 6.07) is 9.45. The van der Waals surface area contributed by atoms with Gasteiger partial charge in [0.05, 0.1) is 11.6 Å². The molecule has 3 rings (SSSR count). The van der Waals surface area contributed by atoms with Gasteiger partial charge in [0.2, 0.25) is 0 Å².